The molecule has 0 aliphatic rings. The molecule has 1 N–H and O–H groups in total. The Labute approximate surface area is 144 Å². The van der Waals surface area contributed by atoms with Crippen molar-refractivity contribution in [3.8, 4) is 5.75 Å². The molecule has 0 amide bonds. The van der Waals surface area contributed by atoms with Crippen molar-refractivity contribution < 1.29 is 19.1 Å². The van der Waals surface area contributed by atoms with Crippen LogP contribution in [-0.2, 0) is 14.3 Å². The highest BCUT2D eigenvalue weighted by atomic mass is 33.1. The standard InChI is InChI=1S/C16H21NO4S2/c1-4-22-23-13-7-5-6-11(2)15(13)21-14(18)10-12(3)16(19)20-9-8-17/h5-8,12,17H,4,9-10H2,1-3H3/t12-/m0/s1. The van der Waals surface area contributed by atoms with Gasteiger partial charge < -0.3 is 14.9 Å². The van der Waals surface area contributed by atoms with Crippen LogP contribution in [0.5, 0.6) is 5.75 Å². The smallest absolute Gasteiger partial charge is 0.312 e. The Hall–Kier alpha value is -1.47. The number of ether oxygens (including phenoxy) is 2. The second kappa shape index (κ2) is 10.3. The summed E-state index contributed by atoms with van der Waals surface area (Å²) in [7, 11) is 3.23. The molecule has 0 saturated heterocycles. The molecule has 23 heavy (non-hydrogen) atoms. The maximum absolute atomic E-state index is 12.1. The van der Waals surface area contributed by atoms with Gasteiger partial charge in [-0.15, -0.1) is 0 Å². The second-order valence-electron chi connectivity index (χ2n) is 4.81. The molecule has 5 nitrogen and oxygen atoms in total. The molecule has 0 aliphatic heterocycles. The van der Waals surface area contributed by atoms with Gasteiger partial charge in [0.1, 0.15) is 12.4 Å². The lowest BCUT2D eigenvalue weighted by Gasteiger charge is -2.13. The second-order valence-corrected chi connectivity index (χ2v) is 7.43. The van der Waals surface area contributed by atoms with Crippen LogP contribution in [0.3, 0.4) is 0 Å². The zero-order chi connectivity index (χ0) is 17.2. The number of hydrogen-bond acceptors (Lipinski definition) is 7. The Morgan fingerprint density at radius 3 is 2.78 bits per heavy atom. The van der Waals surface area contributed by atoms with Gasteiger partial charge in [-0.3, -0.25) is 9.59 Å². The number of para-hydroxylation sites is 1. The summed E-state index contributed by atoms with van der Waals surface area (Å²) in [5, 5.41) is 6.83. The summed E-state index contributed by atoms with van der Waals surface area (Å²) in [4.78, 5) is 24.6. The van der Waals surface area contributed by atoms with Crippen LogP contribution in [0.4, 0.5) is 0 Å². The van der Waals surface area contributed by atoms with Crippen LogP contribution < -0.4 is 4.74 Å². The molecular weight excluding hydrogens is 334 g/mol. The van der Waals surface area contributed by atoms with Gasteiger partial charge in [-0.2, -0.15) is 0 Å². The molecule has 7 heteroatoms. The SMILES string of the molecule is CCSSc1cccc(C)c1OC(=O)C[C@H](C)C(=O)OCC=N. The van der Waals surface area contributed by atoms with Crippen molar-refractivity contribution in [2.75, 3.05) is 12.4 Å². The minimum atomic E-state index is -0.604. The highest BCUT2D eigenvalue weighted by Gasteiger charge is 2.21. The summed E-state index contributed by atoms with van der Waals surface area (Å²) in [5.74, 6) is -0.0913. The van der Waals surface area contributed by atoms with Gasteiger partial charge in [0.2, 0.25) is 0 Å². The summed E-state index contributed by atoms with van der Waals surface area (Å²) in [6.07, 6.45) is 0.932. The highest BCUT2D eigenvalue weighted by molar-refractivity contribution is 8.76. The number of nitrogens with one attached hydrogen (secondary N) is 1. The first kappa shape index (κ1) is 19.6. The van der Waals surface area contributed by atoms with E-state index in [1.54, 1.807) is 28.5 Å². The number of hydrogen-bond donors (Lipinski definition) is 1. The van der Waals surface area contributed by atoms with Gasteiger partial charge in [-0.25, -0.2) is 0 Å². The lowest BCUT2D eigenvalue weighted by Crippen LogP contribution is -2.21. The third-order valence-corrected chi connectivity index (χ3v) is 5.30. The zero-order valence-electron chi connectivity index (χ0n) is 13.5. The summed E-state index contributed by atoms with van der Waals surface area (Å²) >= 11 is 0. The molecule has 0 spiro atoms. The number of esters is 2. The van der Waals surface area contributed by atoms with Crippen LogP contribution in [0, 0.1) is 18.3 Å². The lowest BCUT2D eigenvalue weighted by atomic mass is 10.1. The third kappa shape index (κ3) is 6.66. The predicted molar refractivity (Wildman–Crippen MR) is 94.3 cm³/mol. The summed E-state index contributed by atoms with van der Waals surface area (Å²) in [5.41, 5.74) is 0.874. The van der Waals surface area contributed by atoms with E-state index in [-0.39, 0.29) is 13.0 Å². The highest BCUT2D eigenvalue weighted by Crippen LogP contribution is 2.39. The van der Waals surface area contributed by atoms with E-state index in [0.717, 1.165) is 22.4 Å². The molecular formula is C16H21NO4S2. The average Bonchev–Trinajstić information content (AvgIpc) is 2.52. The molecule has 0 saturated carbocycles. The molecule has 0 unspecified atom stereocenters. The Morgan fingerprint density at radius 1 is 1.39 bits per heavy atom. The fourth-order valence-electron chi connectivity index (χ4n) is 1.70. The maximum Gasteiger partial charge on any atom is 0.312 e. The first-order valence-corrected chi connectivity index (χ1v) is 9.56. The van der Waals surface area contributed by atoms with E-state index in [0.29, 0.717) is 5.75 Å². The Bertz CT molecular complexity index is 563. The van der Waals surface area contributed by atoms with Gasteiger partial charge in [0.15, 0.2) is 0 Å². The normalized spacial score (nSPS) is 11.6. The molecule has 0 bridgehead atoms. The third-order valence-electron chi connectivity index (χ3n) is 2.84. The number of aryl methyl sites for hydroxylation is 1. The molecule has 1 atom stereocenters. The van der Waals surface area contributed by atoms with Gasteiger partial charge in [-0.05, 0) is 18.6 Å². The van der Waals surface area contributed by atoms with Crippen molar-refractivity contribution in [1.29, 1.82) is 5.41 Å². The van der Waals surface area contributed by atoms with Gasteiger partial charge >= 0.3 is 11.9 Å². The van der Waals surface area contributed by atoms with E-state index in [9.17, 15) is 9.59 Å². The molecule has 1 rings (SSSR count). The minimum absolute atomic E-state index is 0.0593. The summed E-state index contributed by atoms with van der Waals surface area (Å²) in [6.45, 7) is 5.46. The molecule has 1 aromatic rings. The number of benzene rings is 1. The van der Waals surface area contributed by atoms with Crippen LogP contribution in [-0.4, -0.2) is 30.5 Å². The lowest BCUT2D eigenvalue weighted by molar-refractivity contribution is -0.150. The van der Waals surface area contributed by atoms with Crippen LogP contribution in [0.1, 0.15) is 25.8 Å². The maximum atomic E-state index is 12.1. The quantitative estimate of drug-likeness (QED) is 0.313. The number of carbonyl (C=O) groups is 2. The first-order chi connectivity index (χ1) is 11.0. The first-order valence-electron chi connectivity index (χ1n) is 7.24. The summed E-state index contributed by atoms with van der Waals surface area (Å²) < 4.78 is 10.3. The van der Waals surface area contributed by atoms with E-state index in [4.69, 9.17) is 14.9 Å². The van der Waals surface area contributed by atoms with Gasteiger partial charge in [-0.1, -0.05) is 47.6 Å². The molecule has 0 heterocycles. The fraction of sp³-hybridized carbons (Fsp3) is 0.438. The van der Waals surface area contributed by atoms with Crippen molar-refractivity contribution in [3.05, 3.63) is 23.8 Å². The van der Waals surface area contributed by atoms with E-state index >= 15 is 0 Å². The van der Waals surface area contributed by atoms with Crippen molar-refractivity contribution in [1.82, 2.24) is 0 Å². The molecule has 0 aliphatic carbocycles. The average molecular weight is 355 g/mol. The molecule has 0 radical (unpaired) electrons. The van der Waals surface area contributed by atoms with E-state index in [1.165, 1.54) is 0 Å². The molecule has 1 aromatic carbocycles. The van der Waals surface area contributed by atoms with E-state index < -0.39 is 17.9 Å². The van der Waals surface area contributed by atoms with Gasteiger partial charge in [0.05, 0.1) is 17.2 Å². The van der Waals surface area contributed by atoms with Gasteiger partial charge in [0.25, 0.3) is 0 Å². The van der Waals surface area contributed by atoms with Crippen LogP contribution in [0.15, 0.2) is 23.1 Å². The fourth-order valence-corrected chi connectivity index (χ4v) is 3.48. The Kier molecular flexibility index (Phi) is 8.79. The molecule has 0 fully saturated rings. The molecule has 0 aromatic heterocycles. The minimum Gasteiger partial charge on any atom is -0.460 e. The van der Waals surface area contributed by atoms with Gasteiger partial charge in [0, 0.05) is 12.0 Å². The van der Waals surface area contributed by atoms with Crippen molar-refractivity contribution in [2.45, 2.75) is 32.1 Å². The molecule has 126 valence electrons. The summed E-state index contributed by atoms with van der Waals surface area (Å²) in [6, 6.07) is 5.71. The van der Waals surface area contributed by atoms with Crippen LogP contribution >= 0.6 is 21.6 Å². The topological polar surface area (TPSA) is 76.5 Å². The Morgan fingerprint density at radius 2 is 2.13 bits per heavy atom. The van der Waals surface area contributed by atoms with Crippen LogP contribution in [0.2, 0.25) is 0 Å². The van der Waals surface area contributed by atoms with Crippen molar-refractivity contribution in [3.63, 3.8) is 0 Å². The zero-order valence-corrected chi connectivity index (χ0v) is 15.1. The van der Waals surface area contributed by atoms with E-state index in [2.05, 4.69) is 6.92 Å². The Balaban J connectivity index is 2.69. The predicted octanol–water partition coefficient (Wildman–Crippen LogP) is 3.88. The van der Waals surface area contributed by atoms with Crippen molar-refractivity contribution in [2.24, 2.45) is 5.92 Å². The monoisotopic (exact) mass is 355 g/mol. The van der Waals surface area contributed by atoms with E-state index in [1.807, 2.05) is 25.1 Å². The number of rotatable bonds is 9. The van der Waals surface area contributed by atoms with Crippen molar-refractivity contribution >= 4 is 39.7 Å². The number of carbonyl (C=O) groups excluding carboxylic acids is 2. The largest absolute Gasteiger partial charge is 0.460 e. The van der Waals surface area contributed by atoms with Crippen LogP contribution in [0.25, 0.3) is 0 Å².